The predicted molar refractivity (Wildman–Crippen MR) is 55.9 cm³/mol. The van der Waals surface area contributed by atoms with Crippen molar-refractivity contribution in [3.63, 3.8) is 0 Å². The Kier molecular flexibility index (Phi) is 2.24. The Morgan fingerprint density at radius 2 is 2.23 bits per heavy atom. The Bertz CT molecular complexity index is 337. The van der Waals surface area contributed by atoms with Gasteiger partial charge in [0.05, 0.1) is 0 Å². The SMILES string of the molecule is Cc1cccc(Br)c1C1CCC1=O. The number of carbonyl (C=O) groups excluding carboxylic acids is 1. The van der Waals surface area contributed by atoms with Crippen molar-refractivity contribution in [1.82, 2.24) is 0 Å². The molecule has 1 aromatic rings. The van der Waals surface area contributed by atoms with Crippen LogP contribution in [0.15, 0.2) is 22.7 Å². The highest BCUT2D eigenvalue weighted by molar-refractivity contribution is 9.10. The molecule has 1 aliphatic carbocycles. The summed E-state index contributed by atoms with van der Waals surface area (Å²) < 4.78 is 1.07. The fraction of sp³-hybridized carbons (Fsp3) is 0.364. The second-order valence-corrected chi connectivity index (χ2v) is 4.38. The van der Waals surface area contributed by atoms with Gasteiger partial charge in [0, 0.05) is 16.8 Å². The van der Waals surface area contributed by atoms with Gasteiger partial charge in [-0.3, -0.25) is 4.79 Å². The van der Waals surface area contributed by atoms with Crippen molar-refractivity contribution in [3.8, 4) is 0 Å². The van der Waals surface area contributed by atoms with Gasteiger partial charge in [0.15, 0.2) is 0 Å². The van der Waals surface area contributed by atoms with Gasteiger partial charge in [0.25, 0.3) is 0 Å². The zero-order valence-corrected chi connectivity index (χ0v) is 9.10. The van der Waals surface area contributed by atoms with Crippen LogP contribution in [-0.2, 0) is 4.79 Å². The number of ketones is 1. The number of halogens is 1. The highest BCUT2D eigenvalue weighted by Gasteiger charge is 2.31. The lowest BCUT2D eigenvalue weighted by molar-refractivity contribution is -0.125. The zero-order chi connectivity index (χ0) is 9.42. The van der Waals surface area contributed by atoms with E-state index >= 15 is 0 Å². The standard InChI is InChI=1S/C11H11BrO/c1-7-3-2-4-9(12)11(7)8-5-6-10(8)13/h2-4,8H,5-6H2,1H3. The fourth-order valence-electron chi connectivity index (χ4n) is 1.80. The third-order valence-corrected chi connectivity index (χ3v) is 3.38. The molecule has 0 aromatic heterocycles. The van der Waals surface area contributed by atoms with Gasteiger partial charge in [-0.1, -0.05) is 28.1 Å². The van der Waals surface area contributed by atoms with Crippen molar-refractivity contribution in [2.45, 2.75) is 25.7 Å². The Balaban J connectivity index is 2.44. The topological polar surface area (TPSA) is 17.1 Å². The summed E-state index contributed by atoms with van der Waals surface area (Å²) in [5, 5.41) is 0. The van der Waals surface area contributed by atoms with E-state index in [0.717, 1.165) is 17.3 Å². The van der Waals surface area contributed by atoms with Gasteiger partial charge in [-0.2, -0.15) is 0 Å². The van der Waals surface area contributed by atoms with Gasteiger partial charge in [0.2, 0.25) is 0 Å². The lowest BCUT2D eigenvalue weighted by Crippen LogP contribution is -2.24. The average molecular weight is 239 g/mol. The number of rotatable bonds is 1. The van der Waals surface area contributed by atoms with E-state index in [-0.39, 0.29) is 5.92 Å². The lowest BCUT2D eigenvalue weighted by Gasteiger charge is -2.26. The predicted octanol–water partition coefficient (Wildman–Crippen LogP) is 3.20. The van der Waals surface area contributed by atoms with Crippen LogP contribution in [0.2, 0.25) is 0 Å². The molecule has 1 fully saturated rings. The van der Waals surface area contributed by atoms with E-state index in [9.17, 15) is 4.79 Å². The van der Waals surface area contributed by atoms with Crippen molar-refractivity contribution in [2.24, 2.45) is 0 Å². The lowest BCUT2D eigenvalue weighted by atomic mass is 9.77. The molecule has 1 nitrogen and oxygen atoms in total. The number of hydrogen-bond acceptors (Lipinski definition) is 1. The Hall–Kier alpha value is -0.630. The minimum atomic E-state index is 0.163. The summed E-state index contributed by atoms with van der Waals surface area (Å²) in [6, 6.07) is 6.08. The molecule has 1 unspecified atom stereocenters. The Morgan fingerprint density at radius 1 is 1.46 bits per heavy atom. The molecule has 1 saturated carbocycles. The molecule has 0 radical (unpaired) electrons. The normalized spacial score (nSPS) is 21.4. The van der Waals surface area contributed by atoms with E-state index < -0.39 is 0 Å². The summed E-state index contributed by atoms with van der Waals surface area (Å²) in [5.41, 5.74) is 2.41. The first kappa shape index (κ1) is 8.95. The largest absolute Gasteiger partial charge is 0.299 e. The van der Waals surface area contributed by atoms with E-state index in [4.69, 9.17) is 0 Å². The summed E-state index contributed by atoms with van der Waals surface area (Å²) in [7, 11) is 0. The maximum atomic E-state index is 11.3. The number of aryl methyl sites for hydroxylation is 1. The molecule has 0 bridgehead atoms. The fourth-order valence-corrected chi connectivity index (χ4v) is 2.54. The van der Waals surface area contributed by atoms with Crippen molar-refractivity contribution < 1.29 is 4.79 Å². The third-order valence-electron chi connectivity index (χ3n) is 2.69. The number of benzene rings is 1. The van der Waals surface area contributed by atoms with Gasteiger partial charge in [-0.25, -0.2) is 0 Å². The summed E-state index contributed by atoms with van der Waals surface area (Å²) >= 11 is 3.50. The summed E-state index contributed by atoms with van der Waals surface area (Å²) in [4.78, 5) is 11.3. The zero-order valence-electron chi connectivity index (χ0n) is 7.51. The van der Waals surface area contributed by atoms with Crippen molar-refractivity contribution in [1.29, 1.82) is 0 Å². The van der Waals surface area contributed by atoms with E-state index in [1.807, 2.05) is 12.1 Å². The molecular formula is C11H11BrO. The third kappa shape index (κ3) is 1.44. The van der Waals surface area contributed by atoms with E-state index in [2.05, 4.69) is 28.9 Å². The van der Waals surface area contributed by atoms with Gasteiger partial charge < -0.3 is 0 Å². The van der Waals surface area contributed by atoms with Crippen LogP contribution >= 0.6 is 15.9 Å². The minimum absolute atomic E-state index is 0.163. The first-order valence-electron chi connectivity index (χ1n) is 4.48. The molecule has 13 heavy (non-hydrogen) atoms. The summed E-state index contributed by atoms with van der Waals surface area (Å²) in [6.07, 6.45) is 1.77. The molecule has 1 aromatic carbocycles. The molecule has 68 valence electrons. The van der Waals surface area contributed by atoms with Crippen LogP contribution in [0.4, 0.5) is 0 Å². The quantitative estimate of drug-likeness (QED) is 0.735. The summed E-state index contributed by atoms with van der Waals surface area (Å²) in [5.74, 6) is 0.547. The molecule has 0 saturated heterocycles. The molecule has 2 heteroatoms. The van der Waals surface area contributed by atoms with Crippen molar-refractivity contribution >= 4 is 21.7 Å². The first-order chi connectivity index (χ1) is 6.20. The van der Waals surface area contributed by atoms with E-state index in [0.29, 0.717) is 5.78 Å². The van der Waals surface area contributed by atoms with Crippen LogP contribution in [0.25, 0.3) is 0 Å². The highest BCUT2D eigenvalue weighted by atomic mass is 79.9. The minimum Gasteiger partial charge on any atom is -0.299 e. The van der Waals surface area contributed by atoms with Gasteiger partial charge >= 0.3 is 0 Å². The van der Waals surface area contributed by atoms with Crippen LogP contribution in [-0.4, -0.2) is 5.78 Å². The average Bonchev–Trinajstić information content (AvgIpc) is 2.09. The van der Waals surface area contributed by atoms with Crippen LogP contribution in [0.3, 0.4) is 0 Å². The van der Waals surface area contributed by atoms with E-state index in [1.54, 1.807) is 0 Å². The van der Waals surface area contributed by atoms with Crippen LogP contribution in [0.1, 0.15) is 29.9 Å². The summed E-state index contributed by atoms with van der Waals surface area (Å²) in [6.45, 7) is 2.06. The van der Waals surface area contributed by atoms with Gasteiger partial charge in [-0.05, 0) is 30.5 Å². The Morgan fingerprint density at radius 3 is 2.69 bits per heavy atom. The van der Waals surface area contributed by atoms with Gasteiger partial charge in [-0.15, -0.1) is 0 Å². The maximum Gasteiger partial charge on any atom is 0.140 e. The number of Topliss-reactive ketones (excluding diaryl/α,β-unsaturated/α-hetero) is 1. The maximum absolute atomic E-state index is 11.3. The van der Waals surface area contributed by atoms with Crippen molar-refractivity contribution in [2.75, 3.05) is 0 Å². The molecule has 1 atom stereocenters. The molecular weight excluding hydrogens is 228 g/mol. The smallest absolute Gasteiger partial charge is 0.140 e. The molecule has 0 amide bonds. The van der Waals surface area contributed by atoms with Crippen LogP contribution < -0.4 is 0 Å². The molecule has 0 heterocycles. The Labute approximate surface area is 86.3 Å². The molecule has 0 aliphatic heterocycles. The van der Waals surface area contributed by atoms with Crippen molar-refractivity contribution in [3.05, 3.63) is 33.8 Å². The molecule has 2 rings (SSSR count). The number of hydrogen-bond donors (Lipinski definition) is 0. The van der Waals surface area contributed by atoms with Gasteiger partial charge in [0.1, 0.15) is 5.78 Å². The molecule has 0 N–H and O–H groups in total. The monoisotopic (exact) mass is 238 g/mol. The second-order valence-electron chi connectivity index (χ2n) is 3.53. The van der Waals surface area contributed by atoms with E-state index in [1.165, 1.54) is 11.1 Å². The number of carbonyl (C=O) groups is 1. The molecule has 1 aliphatic rings. The van der Waals surface area contributed by atoms with Crippen LogP contribution in [0.5, 0.6) is 0 Å². The second kappa shape index (κ2) is 3.26. The molecule has 0 spiro atoms. The highest BCUT2D eigenvalue weighted by Crippen LogP contribution is 2.38. The van der Waals surface area contributed by atoms with Crippen LogP contribution in [0, 0.1) is 6.92 Å². The first-order valence-corrected chi connectivity index (χ1v) is 5.27.